The second-order valence-electron chi connectivity index (χ2n) is 5.73. The third-order valence-electron chi connectivity index (χ3n) is 4.45. The standard InChI is InChI=1S/C15H19N3O2S/c19-15-13-11-2-1-3-12(11)21-14(13)16-10-18(15)5-4-17-6-8-20-9-7-17/h10H,1-9H2. The molecule has 0 unspecified atom stereocenters. The first-order valence-electron chi connectivity index (χ1n) is 7.63. The molecule has 0 bridgehead atoms. The normalized spacial score (nSPS) is 19.2. The molecule has 0 N–H and O–H groups in total. The molecule has 2 aliphatic rings. The first kappa shape index (κ1) is 13.4. The highest BCUT2D eigenvalue weighted by Gasteiger charge is 2.21. The number of nitrogens with zero attached hydrogens (tertiary/aromatic N) is 3. The molecule has 0 aromatic carbocycles. The van der Waals surface area contributed by atoms with Gasteiger partial charge in [0.15, 0.2) is 0 Å². The predicted molar refractivity (Wildman–Crippen MR) is 83.2 cm³/mol. The first-order chi connectivity index (χ1) is 10.3. The fourth-order valence-corrected chi connectivity index (χ4v) is 4.47. The molecular weight excluding hydrogens is 286 g/mol. The van der Waals surface area contributed by atoms with E-state index in [0.29, 0.717) is 6.54 Å². The second-order valence-corrected chi connectivity index (χ2v) is 6.82. The molecule has 6 heteroatoms. The lowest BCUT2D eigenvalue weighted by molar-refractivity contribution is 0.0362. The van der Waals surface area contributed by atoms with Crippen molar-refractivity contribution in [2.75, 3.05) is 32.8 Å². The largest absolute Gasteiger partial charge is 0.379 e. The van der Waals surface area contributed by atoms with Crippen molar-refractivity contribution in [2.45, 2.75) is 25.8 Å². The van der Waals surface area contributed by atoms with Crippen LogP contribution in [0.1, 0.15) is 16.9 Å². The van der Waals surface area contributed by atoms with Gasteiger partial charge >= 0.3 is 0 Å². The Kier molecular flexibility index (Phi) is 3.52. The Bertz CT molecular complexity index is 716. The summed E-state index contributed by atoms with van der Waals surface area (Å²) in [6.07, 6.45) is 5.05. The van der Waals surface area contributed by atoms with Crippen molar-refractivity contribution in [3.05, 3.63) is 27.1 Å². The molecule has 112 valence electrons. The molecule has 5 nitrogen and oxygen atoms in total. The van der Waals surface area contributed by atoms with E-state index < -0.39 is 0 Å². The highest BCUT2D eigenvalue weighted by molar-refractivity contribution is 7.18. The number of hydrogen-bond donors (Lipinski definition) is 0. The van der Waals surface area contributed by atoms with Crippen molar-refractivity contribution < 1.29 is 4.74 Å². The van der Waals surface area contributed by atoms with Crippen molar-refractivity contribution in [3.63, 3.8) is 0 Å². The summed E-state index contributed by atoms with van der Waals surface area (Å²) in [6.45, 7) is 5.11. The quantitative estimate of drug-likeness (QED) is 0.857. The Labute approximate surface area is 127 Å². The third-order valence-corrected chi connectivity index (χ3v) is 5.65. The molecule has 4 rings (SSSR count). The van der Waals surface area contributed by atoms with Crippen molar-refractivity contribution in [2.24, 2.45) is 0 Å². The Morgan fingerprint density at radius 3 is 2.95 bits per heavy atom. The van der Waals surface area contributed by atoms with E-state index >= 15 is 0 Å². The minimum Gasteiger partial charge on any atom is -0.379 e. The van der Waals surface area contributed by atoms with Crippen molar-refractivity contribution in [3.8, 4) is 0 Å². The molecule has 0 spiro atoms. The topological polar surface area (TPSA) is 47.4 Å². The van der Waals surface area contributed by atoms with Crippen LogP contribution in [0.15, 0.2) is 11.1 Å². The summed E-state index contributed by atoms with van der Waals surface area (Å²) in [6, 6.07) is 0. The number of hydrogen-bond acceptors (Lipinski definition) is 5. The molecule has 0 radical (unpaired) electrons. The average molecular weight is 305 g/mol. The van der Waals surface area contributed by atoms with Gasteiger partial charge in [-0.25, -0.2) is 4.98 Å². The smallest absolute Gasteiger partial charge is 0.262 e. The van der Waals surface area contributed by atoms with Gasteiger partial charge in [0.25, 0.3) is 5.56 Å². The Hall–Kier alpha value is -1.24. The van der Waals surface area contributed by atoms with Gasteiger partial charge in [-0.3, -0.25) is 14.3 Å². The second kappa shape index (κ2) is 5.51. The maximum absolute atomic E-state index is 12.7. The molecule has 1 aliphatic carbocycles. The molecule has 2 aromatic rings. The van der Waals surface area contributed by atoms with E-state index in [1.165, 1.54) is 16.9 Å². The van der Waals surface area contributed by atoms with Gasteiger partial charge < -0.3 is 4.74 Å². The van der Waals surface area contributed by atoms with Crippen molar-refractivity contribution in [1.29, 1.82) is 0 Å². The predicted octanol–water partition coefficient (Wildman–Crippen LogP) is 1.28. The van der Waals surface area contributed by atoms with Gasteiger partial charge in [0.05, 0.1) is 24.9 Å². The zero-order chi connectivity index (χ0) is 14.2. The summed E-state index contributed by atoms with van der Waals surface area (Å²) >= 11 is 1.70. The van der Waals surface area contributed by atoms with Crippen LogP contribution < -0.4 is 5.56 Å². The van der Waals surface area contributed by atoms with Crippen LogP contribution >= 0.6 is 11.3 Å². The van der Waals surface area contributed by atoms with E-state index in [1.807, 2.05) is 0 Å². The summed E-state index contributed by atoms with van der Waals surface area (Å²) in [4.78, 5) is 21.9. The molecule has 1 fully saturated rings. The highest BCUT2D eigenvalue weighted by Crippen LogP contribution is 2.34. The van der Waals surface area contributed by atoms with Gasteiger partial charge in [-0.15, -0.1) is 11.3 Å². The summed E-state index contributed by atoms with van der Waals surface area (Å²) in [5.41, 5.74) is 1.42. The van der Waals surface area contributed by atoms with Crippen LogP contribution in [0, 0.1) is 0 Å². The number of ether oxygens (including phenoxy) is 1. The monoisotopic (exact) mass is 305 g/mol. The highest BCUT2D eigenvalue weighted by atomic mass is 32.1. The number of thiophene rings is 1. The van der Waals surface area contributed by atoms with Gasteiger partial charge in [-0.2, -0.15) is 0 Å². The summed E-state index contributed by atoms with van der Waals surface area (Å²) in [7, 11) is 0. The Morgan fingerprint density at radius 1 is 1.24 bits per heavy atom. The summed E-state index contributed by atoms with van der Waals surface area (Å²) in [5.74, 6) is 0. The fraction of sp³-hybridized carbons (Fsp3) is 0.600. The fourth-order valence-electron chi connectivity index (χ4n) is 3.25. The molecule has 1 aliphatic heterocycles. The van der Waals surface area contributed by atoms with Crippen LogP contribution in [0.25, 0.3) is 10.2 Å². The van der Waals surface area contributed by atoms with E-state index in [-0.39, 0.29) is 5.56 Å². The lowest BCUT2D eigenvalue weighted by atomic mass is 10.2. The van der Waals surface area contributed by atoms with E-state index in [9.17, 15) is 4.79 Å². The number of aryl methyl sites for hydroxylation is 2. The zero-order valence-corrected chi connectivity index (χ0v) is 12.8. The van der Waals surface area contributed by atoms with Crippen LogP contribution in [-0.4, -0.2) is 47.3 Å². The number of aromatic nitrogens is 2. The van der Waals surface area contributed by atoms with Crippen molar-refractivity contribution >= 4 is 21.6 Å². The zero-order valence-electron chi connectivity index (χ0n) is 12.0. The van der Waals surface area contributed by atoms with Crippen molar-refractivity contribution in [1.82, 2.24) is 14.5 Å². The van der Waals surface area contributed by atoms with E-state index in [0.717, 1.165) is 55.9 Å². The lowest BCUT2D eigenvalue weighted by Crippen LogP contribution is -2.39. The van der Waals surface area contributed by atoms with E-state index in [1.54, 1.807) is 22.2 Å². The number of fused-ring (bicyclic) bond motifs is 3. The maximum atomic E-state index is 12.7. The van der Waals surface area contributed by atoms with E-state index in [4.69, 9.17) is 4.74 Å². The van der Waals surface area contributed by atoms with Crippen LogP contribution in [-0.2, 0) is 24.1 Å². The van der Waals surface area contributed by atoms with Gasteiger partial charge in [0.2, 0.25) is 0 Å². The maximum Gasteiger partial charge on any atom is 0.262 e. The average Bonchev–Trinajstić information content (AvgIpc) is 3.08. The van der Waals surface area contributed by atoms with Crippen LogP contribution in [0.5, 0.6) is 0 Å². The molecule has 3 heterocycles. The van der Waals surface area contributed by atoms with E-state index in [2.05, 4.69) is 9.88 Å². The number of rotatable bonds is 3. The van der Waals surface area contributed by atoms with Gasteiger partial charge in [0, 0.05) is 31.1 Å². The number of morpholine rings is 1. The SMILES string of the molecule is O=c1c2c3c(sc2ncn1CCN1CCOCC1)CCC3. The molecular formula is C15H19N3O2S. The first-order valence-corrected chi connectivity index (χ1v) is 8.44. The van der Waals surface area contributed by atoms with Gasteiger partial charge in [-0.05, 0) is 24.8 Å². The van der Waals surface area contributed by atoms with Gasteiger partial charge in [-0.1, -0.05) is 0 Å². The van der Waals surface area contributed by atoms with Crippen LogP contribution in [0.4, 0.5) is 0 Å². The molecule has 0 saturated carbocycles. The molecule has 21 heavy (non-hydrogen) atoms. The Morgan fingerprint density at radius 2 is 2.10 bits per heavy atom. The molecule has 2 aromatic heterocycles. The van der Waals surface area contributed by atoms with Crippen LogP contribution in [0.3, 0.4) is 0 Å². The molecule has 1 saturated heterocycles. The Balaban J connectivity index is 1.60. The van der Waals surface area contributed by atoms with Crippen LogP contribution in [0.2, 0.25) is 0 Å². The van der Waals surface area contributed by atoms with Gasteiger partial charge in [0.1, 0.15) is 4.83 Å². The summed E-state index contributed by atoms with van der Waals surface area (Å²) < 4.78 is 7.13. The third kappa shape index (κ3) is 2.41. The minimum atomic E-state index is 0.146. The molecule has 0 amide bonds. The summed E-state index contributed by atoms with van der Waals surface area (Å²) in [5, 5.41) is 0.886. The lowest BCUT2D eigenvalue weighted by Gasteiger charge is -2.26. The molecule has 0 atom stereocenters. The minimum absolute atomic E-state index is 0.146.